The van der Waals surface area contributed by atoms with Crippen molar-refractivity contribution in [3.05, 3.63) is 30.2 Å². The van der Waals surface area contributed by atoms with Crippen LogP contribution in [0.1, 0.15) is 26.2 Å². The Morgan fingerprint density at radius 2 is 2.56 bits per heavy atom. The van der Waals surface area contributed by atoms with Gasteiger partial charge in [0, 0.05) is 0 Å². The summed E-state index contributed by atoms with van der Waals surface area (Å²) >= 11 is 0. The van der Waals surface area contributed by atoms with Crippen LogP contribution in [0.5, 0.6) is 0 Å². The topological polar surface area (TPSA) is 0 Å². The lowest BCUT2D eigenvalue weighted by molar-refractivity contribution is 0.948. The van der Waals surface area contributed by atoms with Gasteiger partial charge in [-0.15, -0.1) is 0 Å². The Morgan fingerprint density at radius 1 is 1.67 bits per heavy atom. The Labute approximate surface area is 57.3 Å². The molecule has 0 aromatic heterocycles. The van der Waals surface area contributed by atoms with Crippen molar-refractivity contribution in [1.82, 2.24) is 0 Å². The highest BCUT2D eigenvalue weighted by Gasteiger charge is 1.96. The molecule has 0 nitrogen and oxygen atoms in total. The van der Waals surface area contributed by atoms with Crippen molar-refractivity contribution in [1.29, 1.82) is 0 Å². The fourth-order valence-electron chi connectivity index (χ4n) is 0.945. The summed E-state index contributed by atoms with van der Waals surface area (Å²) in [6.07, 6.45) is 12.5. The van der Waals surface area contributed by atoms with Gasteiger partial charge in [-0.05, 0) is 19.3 Å². The normalized spacial score (nSPS) is 21.7. The van der Waals surface area contributed by atoms with Crippen molar-refractivity contribution >= 4 is 0 Å². The maximum Gasteiger partial charge on any atom is -0.0124 e. The molecular formula is C9H13. The van der Waals surface area contributed by atoms with E-state index in [0.717, 1.165) is 6.42 Å². The molecule has 0 heterocycles. The monoisotopic (exact) mass is 121 g/mol. The second-order valence-corrected chi connectivity index (χ2v) is 2.37. The molecule has 0 fully saturated rings. The number of allylic oxidation sites excluding steroid dienone is 4. The van der Waals surface area contributed by atoms with Crippen LogP contribution < -0.4 is 0 Å². The lowest BCUT2D eigenvalue weighted by Crippen LogP contribution is -1.70. The van der Waals surface area contributed by atoms with Gasteiger partial charge in [-0.3, -0.25) is 0 Å². The van der Waals surface area contributed by atoms with E-state index >= 15 is 0 Å². The van der Waals surface area contributed by atoms with Gasteiger partial charge in [-0.2, -0.15) is 0 Å². The summed E-state index contributed by atoms with van der Waals surface area (Å²) in [5, 5.41) is 0. The van der Waals surface area contributed by atoms with E-state index < -0.39 is 0 Å². The third-order valence-electron chi connectivity index (χ3n) is 1.50. The Balaban J connectivity index is 2.32. The van der Waals surface area contributed by atoms with Crippen LogP contribution in [-0.4, -0.2) is 0 Å². The molecular weight excluding hydrogens is 108 g/mol. The van der Waals surface area contributed by atoms with Crippen LogP contribution in [-0.2, 0) is 0 Å². The highest BCUT2D eigenvalue weighted by Crippen LogP contribution is 2.15. The van der Waals surface area contributed by atoms with Gasteiger partial charge >= 0.3 is 0 Å². The van der Waals surface area contributed by atoms with E-state index in [1.165, 1.54) is 18.4 Å². The zero-order valence-corrected chi connectivity index (χ0v) is 5.93. The van der Waals surface area contributed by atoms with E-state index in [1.807, 2.05) is 0 Å². The molecule has 0 saturated carbocycles. The van der Waals surface area contributed by atoms with Crippen molar-refractivity contribution in [3.8, 4) is 0 Å². The predicted molar refractivity (Wildman–Crippen MR) is 41.0 cm³/mol. The lowest BCUT2D eigenvalue weighted by Gasteiger charge is -1.90. The molecule has 0 bridgehead atoms. The van der Waals surface area contributed by atoms with Gasteiger partial charge in [0.05, 0.1) is 0 Å². The van der Waals surface area contributed by atoms with E-state index in [0.29, 0.717) is 0 Å². The SMILES string of the molecule is CCCC=C1C=C[CH]C1. The summed E-state index contributed by atoms with van der Waals surface area (Å²) < 4.78 is 0. The number of hydrogen-bond acceptors (Lipinski definition) is 0. The van der Waals surface area contributed by atoms with Crippen LogP contribution in [0.25, 0.3) is 0 Å². The summed E-state index contributed by atoms with van der Waals surface area (Å²) in [5.41, 5.74) is 1.48. The van der Waals surface area contributed by atoms with Crippen molar-refractivity contribution in [2.75, 3.05) is 0 Å². The van der Waals surface area contributed by atoms with Gasteiger partial charge in [0.25, 0.3) is 0 Å². The molecule has 1 aliphatic rings. The van der Waals surface area contributed by atoms with Crippen LogP contribution in [0, 0.1) is 6.42 Å². The second-order valence-electron chi connectivity index (χ2n) is 2.37. The van der Waals surface area contributed by atoms with E-state index in [-0.39, 0.29) is 0 Å². The molecule has 9 heavy (non-hydrogen) atoms. The molecule has 0 saturated heterocycles. The number of rotatable bonds is 2. The first kappa shape index (κ1) is 6.60. The van der Waals surface area contributed by atoms with Gasteiger partial charge in [0.15, 0.2) is 0 Å². The van der Waals surface area contributed by atoms with Crippen LogP contribution >= 0.6 is 0 Å². The molecule has 0 unspecified atom stereocenters. The molecule has 1 aliphatic carbocycles. The molecule has 1 rings (SSSR count). The predicted octanol–water partition coefficient (Wildman–Crippen LogP) is 2.88. The smallest absolute Gasteiger partial charge is 0.0124 e. The van der Waals surface area contributed by atoms with Gasteiger partial charge in [-0.1, -0.05) is 37.1 Å². The minimum atomic E-state index is 1.15. The molecule has 0 aromatic carbocycles. The van der Waals surface area contributed by atoms with Gasteiger partial charge in [0.2, 0.25) is 0 Å². The molecule has 1 radical (unpaired) electrons. The molecule has 49 valence electrons. The van der Waals surface area contributed by atoms with Crippen LogP contribution in [0.4, 0.5) is 0 Å². The van der Waals surface area contributed by atoms with Gasteiger partial charge < -0.3 is 0 Å². The molecule has 0 aliphatic heterocycles. The number of hydrogen-bond donors (Lipinski definition) is 0. The summed E-state index contributed by atoms with van der Waals surface area (Å²) in [5.74, 6) is 0. The average molecular weight is 121 g/mol. The molecule has 0 amide bonds. The Morgan fingerprint density at radius 3 is 3.11 bits per heavy atom. The quantitative estimate of drug-likeness (QED) is 0.527. The minimum absolute atomic E-state index is 1.15. The molecule has 0 spiro atoms. The largest absolute Gasteiger partial charge is 0.0813 e. The summed E-state index contributed by atoms with van der Waals surface area (Å²) in [6.45, 7) is 2.21. The zero-order valence-electron chi connectivity index (χ0n) is 5.93. The van der Waals surface area contributed by atoms with Crippen LogP contribution in [0.3, 0.4) is 0 Å². The highest BCUT2D eigenvalue weighted by molar-refractivity contribution is 5.29. The third kappa shape index (κ3) is 2.05. The third-order valence-corrected chi connectivity index (χ3v) is 1.50. The zero-order chi connectivity index (χ0) is 6.53. The summed E-state index contributed by atoms with van der Waals surface area (Å²) in [6, 6.07) is 0. The highest BCUT2D eigenvalue weighted by atomic mass is 14.0. The standard InChI is InChI=1S/C9H13/c1-2-3-6-9-7-4-5-8-9/h4-7H,2-3,8H2,1H3. The Kier molecular flexibility index (Phi) is 2.56. The number of unbranched alkanes of at least 4 members (excludes halogenated alkanes) is 1. The van der Waals surface area contributed by atoms with E-state index in [1.54, 1.807) is 0 Å². The molecule has 0 N–H and O–H groups in total. The maximum absolute atomic E-state index is 2.32. The van der Waals surface area contributed by atoms with Crippen molar-refractivity contribution in [2.24, 2.45) is 0 Å². The van der Waals surface area contributed by atoms with Crippen molar-refractivity contribution in [2.45, 2.75) is 26.2 Å². The molecule has 0 atom stereocenters. The molecule has 0 heteroatoms. The van der Waals surface area contributed by atoms with E-state index in [4.69, 9.17) is 0 Å². The Bertz CT molecular complexity index is 129. The van der Waals surface area contributed by atoms with E-state index in [2.05, 4.69) is 31.6 Å². The maximum atomic E-state index is 2.32. The van der Waals surface area contributed by atoms with Gasteiger partial charge in [-0.25, -0.2) is 0 Å². The van der Waals surface area contributed by atoms with E-state index in [9.17, 15) is 0 Å². The van der Waals surface area contributed by atoms with Crippen LogP contribution in [0.2, 0.25) is 0 Å². The van der Waals surface area contributed by atoms with Crippen LogP contribution in [0.15, 0.2) is 23.8 Å². The molecule has 0 aromatic rings. The fraction of sp³-hybridized carbons (Fsp3) is 0.444. The summed E-state index contributed by atoms with van der Waals surface area (Å²) in [7, 11) is 0. The Hall–Kier alpha value is -0.520. The average Bonchev–Trinajstić information content (AvgIpc) is 2.34. The lowest BCUT2D eigenvalue weighted by atomic mass is 10.2. The van der Waals surface area contributed by atoms with Crippen molar-refractivity contribution < 1.29 is 0 Å². The first-order valence-electron chi connectivity index (χ1n) is 3.62. The minimum Gasteiger partial charge on any atom is -0.0813 e. The van der Waals surface area contributed by atoms with Crippen molar-refractivity contribution in [3.63, 3.8) is 0 Å². The first-order valence-corrected chi connectivity index (χ1v) is 3.62. The van der Waals surface area contributed by atoms with Gasteiger partial charge in [0.1, 0.15) is 0 Å². The first-order chi connectivity index (χ1) is 4.43. The second kappa shape index (κ2) is 3.49. The fourth-order valence-corrected chi connectivity index (χ4v) is 0.945. The summed E-state index contributed by atoms with van der Waals surface area (Å²) in [4.78, 5) is 0.